The van der Waals surface area contributed by atoms with E-state index in [9.17, 15) is 29.1 Å². The maximum atomic E-state index is 11.9. The van der Waals surface area contributed by atoms with E-state index in [2.05, 4.69) is 21.3 Å². The summed E-state index contributed by atoms with van der Waals surface area (Å²) in [5.41, 5.74) is 0. The number of nitrogens with one attached hydrogen (secondary N) is 4. The van der Waals surface area contributed by atoms with Crippen molar-refractivity contribution < 1.29 is 39.3 Å². The third kappa shape index (κ3) is 15.6. The molecule has 0 rings (SSSR count). The Morgan fingerprint density at radius 1 is 0.710 bits per heavy atom. The van der Waals surface area contributed by atoms with E-state index in [4.69, 9.17) is 10.2 Å². The van der Waals surface area contributed by atoms with Gasteiger partial charge in [0.05, 0.1) is 0 Å². The van der Waals surface area contributed by atoms with E-state index in [1.807, 2.05) is 7.05 Å². The van der Waals surface area contributed by atoms with Crippen LogP contribution < -0.4 is 21.3 Å². The van der Waals surface area contributed by atoms with Gasteiger partial charge in [0.2, 0.25) is 5.91 Å². The molecule has 0 aromatic heterocycles. The van der Waals surface area contributed by atoms with Crippen LogP contribution in [0.3, 0.4) is 0 Å². The number of amides is 3. The summed E-state index contributed by atoms with van der Waals surface area (Å²) < 4.78 is 0. The van der Waals surface area contributed by atoms with Gasteiger partial charge in [-0.2, -0.15) is 0 Å². The number of carboxylic acids is 3. The summed E-state index contributed by atoms with van der Waals surface area (Å²) in [4.78, 5) is 56.6. The van der Waals surface area contributed by atoms with Crippen LogP contribution in [0.15, 0.2) is 0 Å². The molecule has 0 radical (unpaired) electrons. The van der Waals surface area contributed by atoms with Crippen LogP contribution in [-0.4, -0.2) is 77.4 Å². The zero-order valence-electron chi connectivity index (χ0n) is 17.8. The van der Waals surface area contributed by atoms with Crippen molar-refractivity contribution in [3.63, 3.8) is 0 Å². The maximum Gasteiger partial charge on any atom is 0.326 e. The van der Waals surface area contributed by atoms with E-state index in [0.717, 1.165) is 25.8 Å². The fraction of sp³-hybridized carbons (Fsp3) is 0.737. The Balaban J connectivity index is 4.19. The third-order valence-corrected chi connectivity index (χ3v) is 4.43. The number of carboxylic acid groups (broad SMARTS) is 3. The number of aliphatic carboxylic acids is 3. The minimum atomic E-state index is -1.45. The number of carbonyl (C=O) groups excluding carboxylic acids is 2. The van der Waals surface area contributed by atoms with E-state index < -0.39 is 42.4 Å². The van der Waals surface area contributed by atoms with Crippen LogP contribution in [-0.2, 0) is 19.2 Å². The molecule has 0 aliphatic rings. The van der Waals surface area contributed by atoms with Crippen molar-refractivity contribution >= 4 is 29.8 Å². The van der Waals surface area contributed by atoms with Crippen LogP contribution in [0.4, 0.5) is 4.79 Å². The van der Waals surface area contributed by atoms with Gasteiger partial charge in [-0.1, -0.05) is 6.42 Å². The Labute approximate surface area is 181 Å². The molecule has 0 aliphatic heterocycles. The molecule has 0 heterocycles. The van der Waals surface area contributed by atoms with E-state index in [1.54, 1.807) is 0 Å². The van der Waals surface area contributed by atoms with Crippen LogP contribution in [0.25, 0.3) is 0 Å². The predicted molar refractivity (Wildman–Crippen MR) is 111 cm³/mol. The molecule has 0 spiro atoms. The third-order valence-electron chi connectivity index (χ3n) is 4.43. The SMILES string of the molecule is CNCCCCCC(=O)NCCCCC(NC(=O)N[C@@H](CCC(=O)O)C(=O)O)C(=O)O. The second kappa shape index (κ2) is 16.9. The van der Waals surface area contributed by atoms with Crippen LogP contribution >= 0.6 is 0 Å². The normalized spacial score (nSPS) is 12.4. The monoisotopic (exact) mass is 446 g/mol. The molecule has 178 valence electrons. The van der Waals surface area contributed by atoms with Gasteiger partial charge in [-0.15, -0.1) is 0 Å². The Hall–Kier alpha value is -2.89. The second-order valence-corrected chi connectivity index (χ2v) is 7.09. The highest BCUT2D eigenvalue weighted by Gasteiger charge is 2.24. The van der Waals surface area contributed by atoms with Crippen LogP contribution in [0.2, 0.25) is 0 Å². The minimum Gasteiger partial charge on any atom is -0.481 e. The highest BCUT2D eigenvalue weighted by molar-refractivity contribution is 5.86. The van der Waals surface area contributed by atoms with Crippen LogP contribution in [0.1, 0.15) is 57.8 Å². The first-order valence-corrected chi connectivity index (χ1v) is 10.3. The van der Waals surface area contributed by atoms with Crippen LogP contribution in [0.5, 0.6) is 0 Å². The standard InChI is InChI=1S/C19H34N4O8/c1-20-11-5-2-3-8-15(24)21-12-6-4-7-13(17(27)28)22-19(31)23-14(18(29)30)9-10-16(25)26/h13-14,20H,2-12H2,1H3,(H,21,24)(H,25,26)(H,27,28)(H,29,30)(H2,22,23,31)/t13?,14-/m0/s1. The van der Waals surface area contributed by atoms with Gasteiger partial charge in [0.1, 0.15) is 12.1 Å². The molecule has 31 heavy (non-hydrogen) atoms. The molecule has 0 aliphatic carbocycles. The molecular formula is C19H34N4O8. The van der Waals surface area contributed by atoms with E-state index in [0.29, 0.717) is 25.8 Å². The van der Waals surface area contributed by atoms with Gasteiger partial charge in [-0.3, -0.25) is 9.59 Å². The lowest BCUT2D eigenvalue weighted by atomic mass is 10.1. The smallest absolute Gasteiger partial charge is 0.326 e. The molecule has 2 atom stereocenters. The summed E-state index contributed by atoms with van der Waals surface area (Å²) in [5.74, 6) is -3.96. The van der Waals surface area contributed by atoms with E-state index in [-0.39, 0.29) is 18.7 Å². The second-order valence-electron chi connectivity index (χ2n) is 7.09. The summed E-state index contributed by atoms with van der Waals surface area (Å²) in [6.45, 7) is 1.31. The van der Waals surface area contributed by atoms with Gasteiger partial charge in [0.15, 0.2) is 0 Å². The first-order chi connectivity index (χ1) is 14.7. The summed E-state index contributed by atoms with van der Waals surface area (Å²) in [6, 6.07) is -3.69. The molecule has 0 bridgehead atoms. The molecule has 0 aromatic rings. The number of hydrogen-bond acceptors (Lipinski definition) is 6. The van der Waals surface area contributed by atoms with Crippen molar-refractivity contribution in [1.82, 2.24) is 21.3 Å². The summed E-state index contributed by atoms with van der Waals surface area (Å²) >= 11 is 0. The fourth-order valence-corrected chi connectivity index (χ4v) is 2.69. The van der Waals surface area contributed by atoms with Gasteiger partial charge in [0, 0.05) is 19.4 Å². The van der Waals surface area contributed by atoms with Gasteiger partial charge in [0.25, 0.3) is 0 Å². The lowest BCUT2D eigenvalue weighted by Gasteiger charge is -2.18. The van der Waals surface area contributed by atoms with Crippen molar-refractivity contribution in [3.8, 4) is 0 Å². The quantitative estimate of drug-likeness (QED) is 0.143. The molecule has 3 amide bonds. The van der Waals surface area contributed by atoms with E-state index in [1.165, 1.54) is 0 Å². The number of rotatable bonds is 18. The van der Waals surface area contributed by atoms with E-state index >= 15 is 0 Å². The lowest BCUT2D eigenvalue weighted by molar-refractivity contribution is -0.140. The largest absolute Gasteiger partial charge is 0.481 e. The van der Waals surface area contributed by atoms with Crippen molar-refractivity contribution in [2.24, 2.45) is 0 Å². The van der Waals surface area contributed by atoms with Crippen molar-refractivity contribution in [1.29, 1.82) is 0 Å². The highest BCUT2D eigenvalue weighted by atomic mass is 16.4. The van der Waals surface area contributed by atoms with Crippen LogP contribution in [0, 0.1) is 0 Å². The Bertz CT molecular complexity index is 599. The average Bonchev–Trinajstić information content (AvgIpc) is 2.69. The minimum absolute atomic E-state index is 0.0576. The fourth-order valence-electron chi connectivity index (χ4n) is 2.69. The zero-order valence-corrected chi connectivity index (χ0v) is 17.8. The summed E-state index contributed by atoms with van der Waals surface area (Å²) in [6.07, 6.45) is 3.46. The molecule has 1 unspecified atom stereocenters. The highest BCUT2D eigenvalue weighted by Crippen LogP contribution is 2.03. The van der Waals surface area contributed by atoms with Gasteiger partial charge < -0.3 is 36.6 Å². The van der Waals surface area contributed by atoms with Gasteiger partial charge >= 0.3 is 23.9 Å². The topological polar surface area (TPSA) is 194 Å². The molecule has 0 aromatic carbocycles. The van der Waals surface area contributed by atoms with Gasteiger partial charge in [-0.05, 0) is 52.1 Å². The lowest BCUT2D eigenvalue weighted by Crippen LogP contribution is -2.51. The molecule has 0 saturated heterocycles. The molecule has 0 saturated carbocycles. The summed E-state index contributed by atoms with van der Waals surface area (Å²) in [5, 5.41) is 36.9. The molecule has 12 heteroatoms. The number of urea groups is 1. The predicted octanol–water partition coefficient (Wildman–Crippen LogP) is 0.123. The average molecular weight is 447 g/mol. The molecule has 12 nitrogen and oxygen atoms in total. The van der Waals surface area contributed by atoms with Gasteiger partial charge in [-0.25, -0.2) is 14.4 Å². The Morgan fingerprint density at radius 3 is 1.84 bits per heavy atom. The first-order valence-electron chi connectivity index (χ1n) is 10.3. The number of hydrogen-bond donors (Lipinski definition) is 7. The molecule has 7 N–H and O–H groups in total. The number of unbranched alkanes of at least 4 members (excludes halogenated alkanes) is 3. The van der Waals surface area contributed by atoms with Crippen molar-refractivity contribution in [2.75, 3.05) is 20.1 Å². The molecule has 0 fully saturated rings. The van der Waals surface area contributed by atoms with Crippen molar-refractivity contribution in [2.45, 2.75) is 69.9 Å². The first kappa shape index (κ1) is 28.1. The Morgan fingerprint density at radius 2 is 1.29 bits per heavy atom. The maximum absolute atomic E-state index is 11.9. The molecular weight excluding hydrogens is 412 g/mol. The summed E-state index contributed by atoms with van der Waals surface area (Å²) in [7, 11) is 1.87. The van der Waals surface area contributed by atoms with Crippen molar-refractivity contribution in [3.05, 3.63) is 0 Å². The zero-order chi connectivity index (χ0) is 23.6. The number of carbonyl (C=O) groups is 5. The Kier molecular flexibility index (Phi) is 15.3.